The summed E-state index contributed by atoms with van der Waals surface area (Å²) in [6, 6.07) is 11.6. The van der Waals surface area contributed by atoms with Gasteiger partial charge in [-0.15, -0.1) is 11.3 Å². The van der Waals surface area contributed by atoms with Crippen LogP contribution in [0.2, 0.25) is 0 Å². The van der Waals surface area contributed by atoms with Crippen LogP contribution in [0.5, 0.6) is 0 Å². The molecular weight excluding hydrogens is 338 g/mol. The third kappa shape index (κ3) is 2.48. The van der Waals surface area contributed by atoms with Crippen molar-refractivity contribution in [2.24, 2.45) is 0 Å². The largest absolute Gasteiger partial charge is 0.335 e. The van der Waals surface area contributed by atoms with Crippen LogP contribution in [0.4, 0.5) is 0 Å². The Morgan fingerprint density at radius 1 is 1.35 bits per heavy atom. The molecule has 3 rings (SSSR count). The Labute approximate surface area is 128 Å². The van der Waals surface area contributed by atoms with Gasteiger partial charge in [0.15, 0.2) is 5.69 Å². The highest BCUT2D eigenvalue weighted by atomic mass is 79.9. The van der Waals surface area contributed by atoms with Gasteiger partial charge in [0, 0.05) is 17.3 Å². The summed E-state index contributed by atoms with van der Waals surface area (Å²) in [6.07, 6.45) is 0. The number of nitrogens with one attached hydrogen (secondary N) is 1. The lowest BCUT2D eigenvalue weighted by Gasteiger charge is -2.14. The zero-order valence-electron chi connectivity index (χ0n) is 10.8. The number of halogens is 1. The fourth-order valence-electron chi connectivity index (χ4n) is 2.05. The fourth-order valence-corrected chi connectivity index (χ4v) is 3.59. The number of nitrogens with zero attached hydrogens (tertiary/aromatic N) is 2. The maximum Gasteiger partial charge on any atom is 0.275 e. The molecule has 0 saturated carbocycles. The maximum absolute atomic E-state index is 12.5. The third-order valence-corrected chi connectivity index (χ3v) is 4.65. The average Bonchev–Trinajstić information content (AvgIpc) is 3.04. The van der Waals surface area contributed by atoms with Crippen LogP contribution < -0.4 is 0 Å². The highest BCUT2D eigenvalue weighted by molar-refractivity contribution is 9.11. The normalized spacial score (nSPS) is 10.9. The quantitative estimate of drug-likeness (QED) is 0.784. The van der Waals surface area contributed by atoms with Gasteiger partial charge in [0.05, 0.1) is 15.8 Å². The van der Waals surface area contributed by atoms with Gasteiger partial charge in [-0.25, -0.2) is 0 Å². The lowest BCUT2D eigenvalue weighted by atomic mass is 10.2. The number of rotatable bonds is 3. The molecular formula is C14H12BrN3OS. The van der Waals surface area contributed by atoms with Gasteiger partial charge in [-0.1, -0.05) is 18.2 Å². The summed E-state index contributed by atoms with van der Waals surface area (Å²) in [7, 11) is 1.79. The second-order valence-corrected chi connectivity index (χ2v) is 7.03. The molecule has 0 aliphatic heterocycles. The van der Waals surface area contributed by atoms with Gasteiger partial charge in [-0.2, -0.15) is 5.10 Å². The maximum atomic E-state index is 12.5. The van der Waals surface area contributed by atoms with Crippen LogP contribution in [0, 0.1) is 0 Å². The molecule has 20 heavy (non-hydrogen) atoms. The molecule has 0 fully saturated rings. The summed E-state index contributed by atoms with van der Waals surface area (Å²) >= 11 is 5.06. The Bertz CT molecular complexity index is 764. The standard InChI is InChI=1S/C14H12BrN3OS/c1-18(8-9-6-7-12(15)20-9)14(19)13-10-4-2-3-5-11(10)16-17-13/h2-7H,8H2,1H3,(H,16,17). The Morgan fingerprint density at radius 3 is 2.90 bits per heavy atom. The van der Waals surface area contributed by atoms with Crippen molar-refractivity contribution in [1.29, 1.82) is 0 Å². The van der Waals surface area contributed by atoms with E-state index < -0.39 is 0 Å². The number of para-hydroxylation sites is 1. The highest BCUT2D eigenvalue weighted by Crippen LogP contribution is 2.24. The van der Waals surface area contributed by atoms with Crippen LogP contribution in [0.25, 0.3) is 10.9 Å². The summed E-state index contributed by atoms with van der Waals surface area (Å²) in [5, 5.41) is 7.89. The van der Waals surface area contributed by atoms with Gasteiger partial charge in [-0.05, 0) is 34.1 Å². The Morgan fingerprint density at radius 2 is 2.15 bits per heavy atom. The van der Waals surface area contributed by atoms with E-state index in [0.717, 1.165) is 19.6 Å². The summed E-state index contributed by atoms with van der Waals surface area (Å²) < 4.78 is 1.07. The van der Waals surface area contributed by atoms with Crippen molar-refractivity contribution in [3.63, 3.8) is 0 Å². The van der Waals surface area contributed by atoms with Gasteiger partial charge in [0.2, 0.25) is 0 Å². The van der Waals surface area contributed by atoms with Crippen molar-refractivity contribution in [1.82, 2.24) is 15.1 Å². The zero-order valence-corrected chi connectivity index (χ0v) is 13.2. The summed E-state index contributed by atoms with van der Waals surface area (Å²) in [6.45, 7) is 0.580. The van der Waals surface area contributed by atoms with Crippen LogP contribution >= 0.6 is 27.3 Å². The van der Waals surface area contributed by atoms with Crippen molar-refractivity contribution < 1.29 is 4.79 Å². The Kier molecular flexibility index (Phi) is 3.58. The molecule has 102 valence electrons. The fraction of sp³-hybridized carbons (Fsp3) is 0.143. The molecule has 0 bridgehead atoms. The number of carbonyl (C=O) groups is 1. The second-order valence-electron chi connectivity index (χ2n) is 4.48. The molecule has 1 N–H and O–H groups in total. The zero-order chi connectivity index (χ0) is 14.1. The molecule has 2 heterocycles. The first-order valence-electron chi connectivity index (χ1n) is 6.08. The Hall–Kier alpha value is -1.66. The first-order chi connectivity index (χ1) is 9.65. The average molecular weight is 350 g/mol. The van der Waals surface area contributed by atoms with E-state index in [1.165, 1.54) is 0 Å². The molecule has 0 atom stereocenters. The first kappa shape index (κ1) is 13.3. The van der Waals surface area contributed by atoms with E-state index in [4.69, 9.17) is 0 Å². The van der Waals surface area contributed by atoms with Crippen molar-refractivity contribution in [2.75, 3.05) is 7.05 Å². The van der Waals surface area contributed by atoms with E-state index in [9.17, 15) is 4.79 Å². The number of H-pyrrole nitrogens is 1. The number of carbonyl (C=O) groups excluding carboxylic acids is 1. The number of fused-ring (bicyclic) bond motifs is 1. The molecule has 1 aromatic carbocycles. The Balaban J connectivity index is 1.84. The van der Waals surface area contributed by atoms with Crippen LogP contribution in [0.1, 0.15) is 15.4 Å². The number of amides is 1. The van der Waals surface area contributed by atoms with Crippen molar-refractivity contribution in [3.05, 3.63) is 50.8 Å². The van der Waals surface area contributed by atoms with E-state index >= 15 is 0 Å². The topological polar surface area (TPSA) is 49.0 Å². The minimum absolute atomic E-state index is 0.0769. The third-order valence-electron chi connectivity index (χ3n) is 3.04. The number of thiophene rings is 1. The summed E-state index contributed by atoms with van der Waals surface area (Å²) in [5.74, 6) is -0.0769. The molecule has 3 aromatic rings. The van der Waals surface area contributed by atoms with Gasteiger partial charge in [-0.3, -0.25) is 9.89 Å². The van der Waals surface area contributed by atoms with E-state index in [0.29, 0.717) is 12.2 Å². The van der Waals surface area contributed by atoms with Gasteiger partial charge >= 0.3 is 0 Å². The van der Waals surface area contributed by atoms with E-state index in [1.807, 2.05) is 36.4 Å². The second kappa shape index (κ2) is 5.38. The van der Waals surface area contributed by atoms with Crippen LogP contribution in [0.3, 0.4) is 0 Å². The minimum Gasteiger partial charge on any atom is -0.335 e. The molecule has 0 saturated heterocycles. The molecule has 6 heteroatoms. The lowest BCUT2D eigenvalue weighted by Crippen LogP contribution is -2.26. The van der Waals surface area contributed by atoms with Gasteiger partial charge in [0.1, 0.15) is 0 Å². The molecule has 0 radical (unpaired) electrons. The number of benzene rings is 1. The summed E-state index contributed by atoms with van der Waals surface area (Å²) in [5.41, 5.74) is 1.35. The van der Waals surface area contributed by atoms with Crippen LogP contribution in [0.15, 0.2) is 40.2 Å². The molecule has 1 amide bonds. The van der Waals surface area contributed by atoms with Crippen molar-refractivity contribution in [2.45, 2.75) is 6.54 Å². The first-order valence-corrected chi connectivity index (χ1v) is 7.69. The van der Waals surface area contributed by atoms with E-state index in [1.54, 1.807) is 23.3 Å². The number of hydrogen-bond acceptors (Lipinski definition) is 3. The molecule has 2 aromatic heterocycles. The minimum atomic E-state index is -0.0769. The van der Waals surface area contributed by atoms with Gasteiger partial charge in [0.25, 0.3) is 5.91 Å². The molecule has 0 unspecified atom stereocenters. The molecule has 0 aliphatic carbocycles. The molecule has 4 nitrogen and oxygen atoms in total. The lowest BCUT2D eigenvalue weighted by molar-refractivity contribution is 0.0782. The predicted molar refractivity (Wildman–Crippen MR) is 83.9 cm³/mol. The van der Waals surface area contributed by atoms with E-state index in [2.05, 4.69) is 26.1 Å². The van der Waals surface area contributed by atoms with Crippen LogP contribution in [-0.2, 0) is 6.54 Å². The summed E-state index contributed by atoms with van der Waals surface area (Å²) in [4.78, 5) is 15.3. The van der Waals surface area contributed by atoms with Crippen molar-refractivity contribution >= 4 is 44.1 Å². The molecule has 0 aliphatic rings. The van der Waals surface area contributed by atoms with Gasteiger partial charge < -0.3 is 4.90 Å². The van der Waals surface area contributed by atoms with Crippen molar-refractivity contribution in [3.8, 4) is 0 Å². The van der Waals surface area contributed by atoms with E-state index in [-0.39, 0.29) is 5.91 Å². The van der Waals surface area contributed by atoms with Crippen LogP contribution in [-0.4, -0.2) is 28.1 Å². The SMILES string of the molecule is CN(Cc1ccc(Br)s1)C(=O)c1n[nH]c2ccccc12. The number of aromatic nitrogens is 2. The predicted octanol–water partition coefficient (Wildman–Crippen LogP) is 3.66. The molecule has 0 spiro atoms. The monoisotopic (exact) mass is 349 g/mol. The number of aromatic amines is 1. The smallest absolute Gasteiger partial charge is 0.275 e. The highest BCUT2D eigenvalue weighted by Gasteiger charge is 2.18. The number of hydrogen-bond donors (Lipinski definition) is 1.